The van der Waals surface area contributed by atoms with E-state index in [2.05, 4.69) is 21.3 Å². The fourth-order valence-corrected chi connectivity index (χ4v) is 3.68. The summed E-state index contributed by atoms with van der Waals surface area (Å²) < 4.78 is 7.75. The monoisotopic (exact) mass is 392 g/mol. The summed E-state index contributed by atoms with van der Waals surface area (Å²) in [7, 11) is 1.68. The Bertz CT molecular complexity index is 1030. The molecule has 4 rings (SSSR count). The van der Waals surface area contributed by atoms with Crippen LogP contribution in [0.1, 0.15) is 26.7 Å². The van der Waals surface area contributed by atoms with Gasteiger partial charge in [-0.2, -0.15) is 0 Å². The molecule has 1 saturated carbocycles. The van der Waals surface area contributed by atoms with E-state index in [4.69, 9.17) is 10.5 Å². The molecule has 6 heteroatoms. The van der Waals surface area contributed by atoms with E-state index in [0.717, 1.165) is 45.8 Å². The second-order valence-corrected chi connectivity index (χ2v) is 8.03. The zero-order valence-electron chi connectivity index (χ0n) is 17.2. The van der Waals surface area contributed by atoms with Gasteiger partial charge >= 0.3 is 6.03 Å². The molecule has 3 aromatic rings. The molecule has 29 heavy (non-hydrogen) atoms. The molecule has 1 aliphatic rings. The van der Waals surface area contributed by atoms with Crippen molar-refractivity contribution in [3.8, 4) is 17.0 Å². The summed E-state index contributed by atoms with van der Waals surface area (Å²) in [6, 6.07) is 13.8. The molecule has 2 amide bonds. The van der Waals surface area contributed by atoms with E-state index in [9.17, 15) is 4.79 Å². The first kappa shape index (κ1) is 19.2. The maximum atomic E-state index is 11.9. The standard InChI is InChI=1S/C23H28N4O2/c1-14(2)25-23(28)26-17-8-6-16(7-9-17)22-21(24)19-11-10-18(29-3)12-20(19)27(22)13-15-4-5-15/h6-12,14-15H,4-5,13,24H2,1-3H3,(H2,25,26,28). The number of ether oxygens (including phenoxy) is 1. The highest BCUT2D eigenvalue weighted by Gasteiger charge is 2.26. The number of carbonyl (C=O) groups excluding carboxylic acids is 1. The number of rotatable bonds is 6. The van der Waals surface area contributed by atoms with Crippen LogP contribution < -0.4 is 21.1 Å². The molecule has 2 aromatic carbocycles. The first-order valence-corrected chi connectivity index (χ1v) is 10.1. The molecule has 0 saturated heterocycles. The van der Waals surface area contributed by atoms with Crippen LogP contribution in [0, 0.1) is 5.92 Å². The van der Waals surface area contributed by atoms with Crippen LogP contribution in [0.4, 0.5) is 16.2 Å². The van der Waals surface area contributed by atoms with Crippen molar-refractivity contribution in [3.05, 3.63) is 42.5 Å². The highest BCUT2D eigenvalue weighted by Crippen LogP contribution is 2.41. The highest BCUT2D eigenvalue weighted by atomic mass is 16.5. The summed E-state index contributed by atoms with van der Waals surface area (Å²) in [5.74, 6) is 1.53. The van der Waals surface area contributed by atoms with Crippen LogP contribution in [0.15, 0.2) is 42.5 Å². The zero-order valence-corrected chi connectivity index (χ0v) is 17.2. The minimum atomic E-state index is -0.206. The van der Waals surface area contributed by atoms with Crippen molar-refractivity contribution in [2.45, 2.75) is 39.3 Å². The van der Waals surface area contributed by atoms with Crippen molar-refractivity contribution in [1.29, 1.82) is 0 Å². The number of hydrogen-bond acceptors (Lipinski definition) is 3. The molecule has 1 fully saturated rings. The lowest BCUT2D eigenvalue weighted by molar-refractivity contribution is 0.250. The summed E-state index contributed by atoms with van der Waals surface area (Å²) in [4.78, 5) is 11.9. The Balaban J connectivity index is 1.71. The number of aromatic nitrogens is 1. The Morgan fingerprint density at radius 2 is 1.93 bits per heavy atom. The predicted octanol–water partition coefficient (Wildman–Crippen LogP) is 4.84. The molecule has 0 aliphatic heterocycles. The Morgan fingerprint density at radius 3 is 2.55 bits per heavy atom. The first-order chi connectivity index (χ1) is 14.0. The lowest BCUT2D eigenvalue weighted by Gasteiger charge is -2.13. The van der Waals surface area contributed by atoms with Crippen molar-refractivity contribution in [3.63, 3.8) is 0 Å². The van der Waals surface area contributed by atoms with Crippen LogP contribution in [-0.2, 0) is 6.54 Å². The maximum absolute atomic E-state index is 11.9. The van der Waals surface area contributed by atoms with Gasteiger partial charge in [-0.1, -0.05) is 12.1 Å². The van der Waals surface area contributed by atoms with Gasteiger partial charge in [0.1, 0.15) is 5.75 Å². The number of nitrogen functional groups attached to an aromatic ring is 1. The van der Waals surface area contributed by atoms with Gasteiger partial charge < -0.3 is 25.7 Å². The van der Waals surface area contributed by atoms with E-state index < -0.39 is 0 Å². The van der Waals surface area contributed by atoms with E-state index in [-0.39, 0.29) is 12.1 Å². The topological polar surface area (TPSA) is 81.3 Å². The van der Waals surface area contributed by atoms with E-state index >= 15 is 0 Å². The number of nitrogens with two attached hydrogens (primary N) is 1. The summed E-state index contributed by atoms with van der Waals surface area (Å²) in [5, 5.41) is 6.73. The summed E-state index contributed by atoms with van der Waals surface area (Å²) >= 11 is 0. The Hall–Kier alpha value is -3.15. The van der Waals surface area contributed by atoms with Gasteiger partial charge in [-0.3, -0.25) is 0 Å². The van der Waals surface area contributed by atoms with Crippen LogP contribution in [0.3, 0.4) is 0 Å². The fourth-order valence-electron chi connectivity index (χ4n) is 3.68. The molecule has 0 unspecified atom stereocenters. The third-order valence-corrected chi connectivity index (χ3v) is 5.28. The number of nitrogens with zero attached hydrogens (tertiary/aromatic N) is 1. The van der Waals surface area contributed by atoms with Gasteiger partial charge in [-0.15, -0.1) is 0 Å². The van der Waals surface area contributed by atoms with Crippen molar-refractivity contribution < 1.29 is 9.53 Å². The van der Waals surface area contributed by atoms with E-state index in [1.807, 2.05) is 50.2 Å². The number of fused-ring (bicyclic) bond motifs is 1. The smallest absolute Gasteiger partial charge is 0.319 e. The quantitative estimate of drug-likeness (QED) is 0.561. The lowest BCUT2D eigenvalue weighted by Crippen LogP contribution is -2.34. The molecular weight excluding hydrogens is 364 g/mol. The van der Waals surface area contributed by atoms with Crippen LogP contribution in [0.5, 0.6) is 5.75 Å². The molecule has 0 bridgehead atoms. The molecule has 152 valence electrons. The lowest BCUT2D eigenvalue weighted by atomic mass is 10.1. The van der Waals surface area contributed by atoms with Crippen molar-refractivity contribution in [2.24, 2.45) is 5.92 Å². The minimum absolute atomic E-state index is 0.0872. The van der Waals surface area contributed by atoms with Crippen LogP contribution in [-0.4, -0.2) is 23.7 Å². The second-order valence-electron chi connectivity index (χ2n) is 8.03. The number of methoxy groups -OCH3 is 1. The summed E-state index contributed by atoms with van der Waals surface area (Å²) in [6.45, 7) is 4.81. The molecule has 0 spiro atoms. The van der Waals surface area contributed by atoms with Crippen LogP contribution in [0.25, 0.3) is 22.2 Å². The number of anilines is 2. The molecular formula is C23H28N4O2. The molecule has 1 aromatic heterocycles. The van der Waals surface area contributed by atoms with E-state index in [1.54, 1.807) is 7.11 Å². The Kier molecular flexibility index (Phi) is 5.09. The molecule has 0 radical (unpaired) electrons. The normalized spacial score (nSPS) is 13.7. The first-order valence-electron chi connectivity index (χ1n) is 10.1. The average Bonchev–Trinajstić information content (AvgIpc) is 3.47. The third-order valence-electron chi connectivity index (χ3n) is 5.28. The van der Waals surface area contributed by atoms with Gasteiger partial charge in [-0.25, -0.2) is 4.79 Å². The SMILES string of the molecule is COc1ccc2c(N)c(-c3ccc(NC(=O)NC(C)C)cc3)n(CC3CC3)c2c1. The zero-order chi connectivity index (χ0) is 20.5. The number of hydrogen-bond donors (Lipinski definition) is 3. The third kappa shape index (κ3) is 4.01. The molecule has 0 atom stereocenters. The molecule has 1 heterocycles. The maximum Gasteiger partial charge on any atom is 0.319 e. The predicted molar refractivity (Wildman–Crippen MR) is 118 cm³/mol. The average molecular weight is 393 g/mol. The fraction of sp³-hybridized carbons (Fsp3) is 0.348. The summed E-state index contributed by atoms with van der Waals surface area (Å²) in [5.41, 5.74) is 11.3. The summed E-state index contributed by atoms with van der Waals surface area (Å²) in [6.07, 6.45) is 2.52. The van der Waals surface area contributed by atoms with Gasteiger partial charge in [0.25, 0.3) is 0 Å². The molecule has 6 nitrogen and oxygen atoms in total. The van der Waals surface area contributed by atoms with Gasteiger partial charge in [0.2, 0.25) is 0 Å². The second kappa shape index (κ2) is 7.70. The number of urea groups is 1. The molecule has 1 aliphatic carbocycles. The van der Waals surface area contributed by atoms with Crippen LogP contribution >= 0.6 is 0 Å². The molecule has 4 N–H and O–H groups in total. The van der Waals surface area contributed by atoms with E-state index in [1.165, 1.54) is 12.8 Å². The Morgan fingerprint density at radius 1 is 1.21 bits per heavy atom. The Labute approximate surface area is 171 Å². The van der Waals surface area contributed by atoms with Gasteiger partial charge in [0, 0.05) is 35.3 Å². The van der Waals surface area contributed by atoms with Gasteiger partial charge in [-0.05, 0) is 56.9 Å². The van der Waals surface area contributed by atoms with Crippen molar-refractivity contribution in [1.82, 2.24) is 9.88 Å². The van der Waals surface area contributed by atoms with Crippen molar-refractivity contribution >= 4 is 28.3 Å². The number of benzene rings is 2. The van der Waals surface area contributed by atoms with Crippen LogP contribution in [0.2, 0.25) is 0 Å². The van der Waals surface area contributed by atoms with Gasteiger partial charge in [0.05, 0.1) is 24.0 Å². The number of amides is 2. The largest absolute Gasteiger partial charge is 0.497 e. The number of carbonyl (C=O) groups is 1. The van der Waals surface area contributed by atoms with Crippen molar-refractivity contribution in [2.75, 3.05) is 18.2 Å². The van der Waals surface area contributed by atoms with Gasteiger partial charge in [0.15, 0.2) is 0 Å². The highest BCUT2D eigenvalue weighted by molar-refractivity contribution is 6.01. The van der Waals surface area contributed by atoms with E-state index in [0.29, 0.717) is 5.92 Å². The minimum Gasteiger partial charge on any atom is -0.497 e. The number of nitrogens with one attached hydrogen (secondary N) is 2.